The highest BCUT2D eigenvalue weighted by molar-refractivity contribution is 7.99. The fraction of sp³-hybridized carbons (Fsp3) is 0.118. The molecule has 1 aromatic heterocycles. The molecule has 1 aliphatic rings. The highest BCUT2D eigenvalue weighted by atomic mass is 35.5. The van der Waals surface area contributed by atoms with Gasteiger partial charge in [-0.25, -0.2) is 0 Å². The smallest absolute Gasteiger partial charge is 0.212 e. The lowest BCUT2D eigenvalue weighted by Gasteiger charge is -2.14. The molecule has 0 aliphatic carbocycles. The van der Waals surface area contributed by atoms with Crippen LogP contribution in [0.2, 0.25) is 10.0 Å². The Morgan fingerprint density at radius 2 is 1.84 bits per heavy atom. The molecule has 2 aromatic carbocycles. The van der Waals surface area contributed by atoms with Crippen LogP contribution in [0.4, 0.5) is 0 Å². The van der Waals surface area contributed by atoms with Crippen LogP contribution in [0.15, 0.2) is 58.8 Å². The third kappa shape index (κ3) is 3.51. The molecular weight excluding hydrogens is 379 g/mol. The molecule has 0 atom stereocenters. The summed E-state index contributed by atoms with van der Waals surface area (Å²) in [7, 11) is 0. The van der Waals surface area contributed by atoms with Crippen LogP contribution in [0.5, 0.6) is 5.75 Å². The van der Waals surface area contributed by atoms with E-state index in [1.54, 1.807) is 22.5 Å². The van der Waals surface area contributed by atoms with E-state index in [4.69, 9.17) is 27.9 Å². The van der Waals surface area contributed by atoms with Crippen molar-refractivity contribution >= 4 is 40.7 Å². The van der Waals surface area contributed by atoms with Gasteiger partial charge in [0.2, 0.25) is 5.16 Å². The molecule has 0 unspecified atom stereocenters. The van der Waals surface area contributed by atoms with Gasteiger partial charge in [-0.3, -0.25) is 0 Å². The number of rotatable bonds is 4. The summed E-state index contributed by atoms with van der Waals surface area (Å²) in [6.07, 6.45) is 0. The van der Waals surface area contributed by atoms with Crippen molar-refractivity contribution in [3.63, 3.8) is 0 Å². The van der Waals surface area contributed by atoms with E-state index in [1.807, 2.05) is 42.5 Å². The number of para-hydroxylation sites is 1. The number of aromatic nitrogens is 3. The van der Waals surface area contributed by atoms with E-state index in [-0.39, 0.29) is 6.61 Å². The average molecular weight is 391 g/mol. The van der Waals surface area contributed by atoms with Crippen LogP contribution >= 0.6 is 35.0 Å². The summed E-state index contributed by atoms with van der Waals surface area (Å²) in [5.41, 5.74) is 1.96. The van der Waals surface area contributed by atoms with E-state index >= 15 is 0 Å². The van der Waals surface area contributed by atoms with Crippen LogP contribution in [-0.2, 0) is 6.61 Å². The monoisotopic (exact) mass is 390 g/mol. The van der Waals surface area contributed by atoms with E-state index in [0.717, 1.165) is 22.2 Å². The predicted octanol–water partition coefficient (Wildman–Crippen LogP) is 4.52. The highest BCUT2D eigenvalue weighted by Gasteiger charge is 2.20. The van der Waals surface area contributed by atoms with Crippen molar-refractivity contribution in [3.8, 4) is 5.75 Å². The van der Waals surface area contributed by atoms with Gasteiger partial charge in [-0.15, -0.1) is 10.2 Å². The van der Waals surface area contributed by atoms with E-state index < -0.39 is 0 Å². The second kappa shape index (κ2) is 7.07. The summed E-state index contributed by atoms with van der Waals surface area (Å²) in [4.78, 5) is 0. The Morgan fingerprint density at radius 3 is 2.64 bits per heavy atom. The van der Waals surface area contributed by atoms with Crippen molar-refractivity contribution in [3.05, 3.63) is 70.0 Å². The zero-order valence-corrected chi connectivity index (χ0v) is 15.2. The molecule has 126 valence electrons. The summed E-state index contributed by atoms with van der Waals surface area (Å²) >= 11 is 13.7. The van der Waals surface area contributed by atoms with Crippen LogP contribution < -0.4 is 4.74 Å². The highest BCUT2D eigenvalue weighted by Crippen LogP contribution is 2.27. The quantitative estimate of drug-likeness (QED) is 0.656. The molecule has 5 nitrogen and oxygen atoms in total. The maximum Gasteiger partial charge on any atom is 0.212 e. The predicted molar refractivity (Wildman–Crippen MR) is 99.9 cm³/mol. The van der Waals surface area contributed by atoms with Gasteiger partial charge in [0.25, 0.3) is 0 Å². The number of halogens is 2. The van der Waals surface area contributed by atoms with Crippen molar-refractivity contribution in [2.45, 2.75) is 11.8 Å². The molecule has 0 N–H and O–H groups in total. The van der Waals surface area contributed by atoms with Crippen molar-refractivity contribution in [1.29, 1.82) is 0 Å². The summed E-state index contributed by atoms with van der Waals surface area (Å²) < 4.78 is 7.47. The van der Waals surface area contributed by atoms with E-state index in [2.05, 4.69) is 15.3 Å². The minimum atomic E-state index is 0.231. The van der Waals surface area contributed by atoms with Crippen LogP contribution in [0.1, 0.15) is 11.4 Å². The molecule has 0 radical (unpaired) electrons. The first kappa shape index (κ1) is 16.4. The first-order valence-corrected chi connectivity index (χ1v) is 9.23. The molecule has 8 heteroatoms. The molecule has 2 heterocycles. The number of hydrogen-bond donors (Lipinski definition) is 0. The molecule has 1 aliphatic heterocycles. The van der Waals surface area contributed by atoms with Crippen molar-refractivity contribution in [2.75, 3.05) is 5.75 Å². The Balaban J connectivity index is 1.59. The molecule has 0 saturated carbocycles. The Morgan fingerprint density at radius 1 is 1.04 bits per heavy atom. The summed E-state index contributed by atoms with van der Waals surface area (Å²) in [5.74, 6) is 1.95. The van der Waals surface area contributed by atoms with Crippen LogP contribution in [0.3, 0.4) is 0 Å². The van der Waals surface area contributed by atoms with Gasteiger partial charge in [0, 0.05) is 10.8 Å². The number of fused-ring (bicyclic) bond motifs is 1. The van der Waals surface area contributed by atoms with Crippen molar-refractivity contribution in [2.24, 2.45) is 5.10 Å². The number of benzene rings is 2. The maximum absolute atomic E-state index is 6.11. The van der Waals surface area contributed by atoms with Crippen molar-refractivity contribution in [1.82, 2.24) is 14.9 Å². The minimum Gasteiger partial charge on any atom is -0.484 e. The lowest BCUT2D eigenvalue weighted by Crippen LogP contribution is -2.15. The number of hydrogen-bond acceptors (Lipinski definition) is 5. The van der Waals surface area contributed by atoms with Gasteiger partial charge in [0.05, 0.1) is 10.7 Å². The average Bonchev–Trinajstić information content (AvgIpc) is 3.04. The van der Waals surface area contributed by atoms with Gasteiger partial charge in [-0.05, 0) is 29.8 Å². The van der Waals surface area contributed by atoms with Crippen LogP contribution in [-0.4, -0.2) is 26.3 Å². The zero-order chi connectivity index (χ0) is 17.2. The maximum atomic E-state index is 6.11. The Kier molecular flexibility index (Phi) is 4.65. The standard InChI is InChI=1S/C17H12Cl2N4OS/c18-12-7-5-11(6-8-12)14-10-25-17-21-20-16(23(17)22-14)9-24-15-4-2-1-3-13(15)19/h1-8H,9-10H2. The third-order valence-electron chi connectivity index (χ3n) is 3.61. The summed E-state index contributed by atoms with van der Waals surface area (Å²) in [6, 6.07) is 14.9. The molecule has 0 fully saturated rings. The Hall–Kier alpha value is -2.02. The number of thioether (sulfide) groups is 1. The van der Waals surface area contributed by atoms with Crippen LogP contribution in [0.25, 0.3) is 0 Å². The van der Waals surface area contributed by atoms with Gasteiger partial charge in [-0.1, -0.05) is 59.2 Å². The molecular formula is C17H12Cl2N4OS. The molecule has 3 aromatic rings. The number of ether oxygens (including phenoxy) is 1. The molecule has 0 saturated heterocycles. The molecule has 0 amide bonds. The second-order valence-corrected chi connectivity index (χ2v) is 7.06. The minimum absolute atomic E-state index is 0.231. The number of nitrogens with zero attached hydrogens (tertiary/aromatic N) is 4. The van der Waals surface area contributed by atoms with Gasteiger partial charge in [-0.2, -0.15) is 9.78 Å². The van der Waals surface area contributed by atoms with Gasteiger partial charge in [0.1, 0.15) is 12.4 Å². The van der Waals surface area contributed by atoms with E-state index in [1.165, 1.54) is 0 Å². The molecule has 0 bridgehead atoms. The van der Waals surface area contributed by atoms with Gasteiger partial charge >= 0.3 is 0 Å². The normalized spacial score (nSPS) is 13.3. The van der Waals surface area contributed by atoms with E-state index in [9.17, 15) is 0 Å². The zero-order valence-electron chi connectivity index (χ0n) is 12.9. The fourth-order valence-electron chi connectivity index (χ4n) is 2.35. The summed E-state index contributed by atoms with van der Waals surface area (Å²) in [5, 5.41) is 15.0. The fourth-order valence-corrected chi connectivity index (χ4v) is 3.52. The Bertz CT molecular complexity index is 940. The second-order valence-electron chi connectivity index (χ2n) is 5.27. The summed E-state index contributed by atoms with van der Waals surface area (Å²) in [6.45, 7) is 0.231. The Labute approximate surface area is 158 Å². The van der Waals surface area contributed by atoms with Crippen LogP contribution in [0, 0.1) is 0 Å². The first-order chi connectivity index (χ1) is 12.2. The lowest BCUT2D eigenvalue weighted by molar-refractivity contribution is 0.290. The SMILES string of the molecule is Clc1ccc(C2=Nn3c(COc4ccccc4Cl)nnc3SC2)cc1. The topological polar surface area (TPSA) is 52.3 Å². The largest absolute Gasteiger partial charge is 0.484 e. The molecule has 4 rings (SSSR count). The lowest BCUT2D eigenvalue weighted by atomic mass is 10.1. The van der Waals surface area contributed by atoms with Gasteiger partial charge < -0.3 is 4.74 Å². The third-order valence-corrected chi connectivity index (χ3v) is 5.10. The molecule has 25 heavy (non-hydrogen) atoms. The molecule has 0 spiro atoms. The van der Waals surface area contributed by atoms with Gasteiger partial charge in [0.15, 0.2) is 5.82 Å². The first-order valence-electron chi connectivity index (χ1n) is 7.49. The van der Waals surface area contributed by atoms with E-state index in [0.29, 0.717) is 21.6 Å². The van der Waals surface area contributed by atoms with Crippen molar-refractivity contribution < 1.29 is 4.74 Å².